The smallest absolute Gasteiger partial charge is 0.271 e. The predicted molar refractivity (Wildman–Crippen MR) is 100.0 cm³/mol. The Morgan fingerprint density at radius 2 is 1.88 bits per heavy atom. The molecule has 0 heterocycles. The molecule has 0 saturated carbocycles. The van der Waals surface area contributed by atoms with Gasteiger partial charge in [-0.15, -0.1) is 0 Å². The van der Waals surface area contributed by atoms with Gasteiger partial charge in [0.05, 0.1) is 16.9 Å². The highest BCUT2D eigenvalue weighted by atomic mass is 35.5. The number of nitro benzene ring substituents is 1. The Morgan fingerprint density at radius 3 is 2.46 bits per heavy atom. The van der Waals surface area contributed by atoms with Crippen molar-refractivity contribution in [2.24, 2.45) is 0 Å². The van der Waals surface area contributed by atoms with Crippen molar-refractivity contribution >= 4 is 44.6 Å². The van der Waals surface area contributed by atoms with Gasteiger partial charge in [-0.05, 0) is 31.2 Å². The molecule has 0 radical (unpaired) electrons. The predicted octanol–water partition coefficient (Wildman–Crippen LogP) is 3.04. The molecule has 10 heteroatoms. The fourth-order valence-corrected chi connectivity index (χ4v) is 3.72. The first-order valence-electron chi connectivity index (χ1n) is 7.40. The lowest BCUT2D eigenvalue weighted by Crippen LogP contribution is -2.45. The van der Waals surface area contributed by atoms with E-state index < -0.39 is 26.9 Å². The molecular formula is C16H16ClN3O5S. The molecule has 2 aromatic carbocycles. The summed E-state index contributed by atoms with van der Waals surface area (Å²) in [6.45, 7) is 1.39. The van der Waals surface area contributed by atoms with E-state index in [1.54, 1.807) is 18.2 Å². The zero-order valence-corrected chi connectivity index (χ0v) is 15.5. The molecule has 2 rings (SSSR count). The van der Waals surface area contributed by atoms with Crippen LogP contribution in [0.4, 0.5) is 17.1 Å². The van der Waals surface area contributed by atoms with Crippen molar-refractivity contribution in [2.45, 2.75) is 13.0 Å². The first kappa shape index (κ1) is 19.7. The van der Waals surface area contributed by atoms with Crippen molar-refractivity contribution in [3.05, 3.63) is 63.7 Å². The maximum atomic E-state index is 12.5. The zero-order valence-electron chi connectivity index (χ0n) is 13.9. The number of anilines is 2. The van der Waals surface area contributed by atoms with Crippen LogP contribution in [0.25, 0.3) is 0 Å². The van der Waals surface area contributed by atoms with Crippen molar-refractivity contribution in [3.63, 3.8) is 0 Å². The van der Waals surface area contributed by atoms with Gasteiger partial charge < -0.3 is 5.32 Å². The number of hydrogen-bond donors (Lipinski definition) is 1. The Bertz CT molecular complexity index is 948. The van der Waals surface area contributed by atoms with Gasteiger partial charge in [-0.2, -0.15) is 0 Å². The molecule has 0 spiro atoms. The number of rotatable bonds is 6. The lowest BCUT2D eigenvalue weighted by molar-refractivity contribution is -0.384. The normalized spacial score (nSPS) is 12.3. The Labute approximate surface area is 155 Å². The van der Waals surface area contributed by atoms with Crippen molar-refractivity contribution in [2.75, 3.05) is 15.9 Å². The quantitative estimate of drug-likeness (QED) is 0.595. The third kappa shape index (κ3) is 4.70. The summed E-state index contributed by atoms with van der Waals surface area (Å²) in [6, 6.07) is 10.3. The first-order chi connectivity index (χ1) is 12.1. The molecule has 1 unspecified atom stereocenters. The van der Waals surface area contributed by atoms with Crippen LogP contribution in [0.3, 0.4) is 0 Å². The molecule has 0 aromatic heterocycles. The van der Waals surface area contributed by atoms with Gasteiger partial charge in [-0.25, -0.2) is 8.42 Å². The van der Waals surface area contributed by atoms with Gasteiger partial charge in [-0.3, -0.25) is 19.2 Å². The second kappa shape index (κ2) is 7.71. The SMILES string of the molecule is CC(C(=O)Nc1cccc(Cl)c1)N(c1cccc([N+](=O)[O-])c1)S(C)(=O)=O. The summed E-state index contributed by atoms with van der Waals surface area (Å²) in [4.78, 5) is 22.8. The monoisotopic (exact) mass is 397 g/mol. The number of non-ortho nitro benzene ring substituents is 1. The molecule has 1 N–H and O–H groups in total. The minimum atomic E-state index is -3.88. The average Bonchev–Trinajstić information content (AvgIpc) is 2.53. The minimum Gasteiger partial charge on any atom is -0.324 e. The number of hydrogen-bond acceptors (Lipinski definition) is 5. The largest absolute Gasteiger partial charge is 0.324 e. The Kier molecular flexibility index (Phi) is 5.83. The molecule has 26 heavy (non-hydrogen) atoms. The number of nitrogens with one attached hydrogen (secondary N) is 1. The minimum absolute atomic E-state index is 0.0236. The van der Waals surface area contributed by atoms with Crippen LogP contribution in [0.2, 0.25) is 5.02 Å². The summed E-state index contributed by atoms with van der Waals surface area (Å²) in [7, 11) is -3.88. The number of carbonyl (C=O) groups excluding carboxylic acids is 1. The topological polar surface area (TPSA) is 110 Å². The average molecular weight is 398 g/mol. The van der Waals surface area contributed by atoms with Gasteiger partial charge in [0.15, 0.2) is 0 Å². The summed E-state index contributed by atoms with van der Waals surface area (Å²) in [6.07, 6.45) is 0.926. The maximum Gasteiger partial charge on any atom is 0.271 e. The second-order valence-corrected chi connectivity index (χ2v) is 7.81. The van der Waals surface area contributed by atoms with Gasteiger partial charge in [0, 0.05) is 22.8 Å². The highest BCUT2D eigenvalue weighted by Crippen LogP contribution is 2.26. The van der Waals surface area contributed by atoms with Gasteiger partial charge in [0.1, 0.15) is 6.04 Å². The van der Waals surface area contributed by atoms with Crippen LogP contribution in [-0.4, -0.2) is 31.5 Å². The fourth-order valence-electron chi connectivity index (χ4n) is 2.37. The standard InChI is InChI=1S/C16H16ClN3O5S/c1-11(16(21)18-13-6-3-5-12(17)9-13)19(26(2,24)25)14-7-4-8-15(10-14)20(22)23/h3-11H,1-2H3,(H,18,21). The van der Waals surface area contributed by atoms with E-state index in [2.05, 4.69) is 5.32 Å². The lowest BCUT2D eigenvalue weighted by Gasteiger charge is -2.28. The van der Waals surface area contributed by atoms with Crippen LogP contribution in [0.1, 0.15) is 6.92 Å². The van der Waals surface area contributed by atoms with E-state index in [1.807, 2.05) is 0 Å². The Balaban J connectivity index is 2.36. The van der Waals surface area contributed by atoms with E-state index in [0.717, 1.165) is 16.6 Å². The van der Waals surface area contributed by atoms with Crippen LogP contribution in [0.5, 0.6) is 0 Å². The maximum absolute atomic E-state index is 12.5. The van der Waals surface area contributed by atoms with E-state index in [-0.39, 0.29) is 11.4 Å². The van der Waals surface area contributed by atoms with Crippen LogP contribution in [-0.2, 0) is 14.8 Å². The number of nitro groups is 1. The molecule has 0 bridgehead atoms. The first-order valence-corrected chi connectivity index (χ1v) is 9.62. The van der Waals surface area contributed by atoms with E-state index in [1.165, 1.54) is 31.2 Å². The molecule has 0 aliphatic heterocycles. The van der Waals surface area contributed by atoms with E-state index in [4.69, 9.17) is 11.6 Å². The summed E-state index contributed by atoms with van der Waals surface area (Å²) < 4.78 is 25.3. The van der Waals surface area contributed by atoms with Crippen LogP contribution < -0.4 is 9.62 Å². The van der Waals surface area contributed by atoms with Crippen LogP contribution in [0.15, 0.2) is 48.5 Å². The zero-order chi connectivity index (χ0) is 19.5. The van der Waals surface area contributed by atoms with Crippen molar-refractivity contribution in [1.29, 1.82) is 0 Å². The van der Waals surface area contributed by atoms with Crippen molar-refractivity contribution in [1.82, 2.24) is 0 Å². The highest BCUT2D eigenvalue weighted by molar-refractivity contribution is 7.92. The van der Waals surface area contributed by atoms with Gasteiger partial charge >= 0.3 is 0 Å². The number of carbonyl (C=O) groups is 1. The second-order valence-electron chi connectivity index (χ2n) is 5.51. The van der Waals surface area contributed by atoms with Crippen molar-refractivity contribution < 1.29 is 18.1 Å². The Morgan fingerprint density at radius 1 is 1.23 bits per heavy atom. The summed E-state index contributed by atoms with van der Waals surface area (Å²) in [5.74, 6) is -0.607. The van der Waals surface area contributed by atoms with E-state index in [0.29, 0.717) is 10.7 Å². The van der Waals surface area contributed by atoms with Gasteiger partial charge in [0.25, 0.3) is 5.69 Å². The molecule has 8 nitrogen and oxygen atoms in total. The molecule has 0 fully saturated rings. The molecular weight excluding hydrogens is 382 g/mol. The molecule has 1 atom stereocenters. The van der Waals surface area contributed by atoms with Gasteiger partial charge in [-0.1, -0.05) is 23.7 Å². The third-order valence-electron chi connectivity index (χ3n) is 3.48. The van der Waals surface area contributed by atoms with Crippen LogP contribution in [0, 0.1) is 10.1 Å². The Hall–Kier alpha value is -2.65. The molecule has 0 saturated heterocycles. The molecule has 0 aliphatic rings. The molecule has 2 aromatic rings. The number of benzene rings is 2. The molecule has 138 valence electrons. The number of sulfonamides is 1. The number of amides is 1. The summed E-state index contributed by atoms with van der Waals surface area (Å²) >= 11 is 5.86. The van der Waals surface area contributed by atoms with E-state index >= 15 is 0 Å². The number of nitrogens with zero attached hydrogens (tertiary/aromatic N) is 2. The van der Waals surface area contributed by atoms with E-state index in [9.17, 15) is 23.3 Å². The lowest BCUT2D eigenvalue weighted by atomic mass is 10.2. The fraction of sp³-hybridized carbons (Fsp3) is 0.188. The van der Waals surface area contributed by atoms with Crippen molar-refractivity contribution in [3.8, 4) is 0 Å². The summed E-state index contributed by atoms with van der Waals surface area (Å²) in [5, 5.41) is 13.9. The third-order valence-corrected chi connectivity index (χ3v) is 4.95. The highest BCUT2D eigenvalue weighted by Gasteiger charge is 2.30. The summed E-state index contributed by atoms with van der Waals surface area (Å²) in [5.41, 5.74) is 0.149. The molecule has 0 aliphatic carbocycles. The molecule has 1 amide bonds. The number of halogens is 1. The van der Waals surface area contributed by atoms with Gasteiger partial charge in [0.2, 0.25) is 15.9 Å². The van der Waals surface area contributed by atoms with Crippen LogP contribution >= 0.6 is 11.6 Å².